The van der Waals surface area contributed by atoms with Crippen LogP contribution in [0.25, 0.3) is 5.69 Å². The molecule has 17 heavy (non-hydrogen) atoms. The molecule has 2 N–H and O–H groups in total. The van der Waals surface area contributed by atoms with Gasteiger partial charge in [0.25, 0.3) is 0 Å². The summed E-state index contributed by atoms with van der Waals surface area (Å²) in [5.74, 6) is 0. The molecule has 1 aromatic heterocycles. The van der Waals surface area contributed by atoms with Gasteiger partial charge in [-0.05, 0) is 28.1 Å². The van der Waals surface area contributed by atoms with Crippen molar-refractivity contribution in [1.29, 1.82) is 0 Å². The number of rotatable bonds is 2. The minimum atomic E-state index is 0.448. The summed E-state index contributed by atoms with van der Waals surface area (Å²) < 4.78 is 8.41. The number of nitrogens with two attached hydrogens (primary N) is 1. The quantitative estimate of drug-likeness (QED) is 0.923. The Balaban J connectivity index is 2.19. The molecule has 0 bridgehead atoms. The van der Waals surface area contributed by atoms with Gasteiger partial charge in [0.05, 0.1) is 30.3 Å². The fraction of sp³-hybridized carbons (Fsp3) is 0.250. The minimum absolute atomic E-state index is 0.448. The Morgan fingerprint density at radius 2 is 2.18 bits per heavy atom. The predicted octanol–water partition coefficient (Wildman–Crippen LogP) is 2.12. The molecule has 4 nitrogen and oxygen atoms in total. The molecule has 0 atom stereocenters. The van der Waals surface area contributed by atoms with E-state index in [1.54, 1.807) is 0 Å². The average molecular weight is 294 g/mol. The monoisotopic (exact) mass is 293 g/mol. The van der Waals surface area contributed by atoms with Crippen LogP contribution >= 0.6 is 15.9 Å². The van der Waals surface area contributed by atoms with Gasteiger partial charge < -0.3 is 10.5 Å². The van der Waals surface area contributed by atoms with Crippen LogP contribution in [0.4, 0.5) is 0 Å². The molecule has 1 aromatic carbocycles. The molecule has 88 valence electrons. The topological polar surface area (TPSA) is 53.1 Å². The van der Waals surface area contributed by atoms with Gasteiger partial charge in [-0.3, -0.25) is 0 Å². The van der Waals surface area contributed by atoms with E-state index in [9.17, 15) is 0 Å². The maximum absolute atomic E-state index is 5.71. The summed E-state index contributed by atoms with van der Waals surface area (Å²) in [5, 5.41) is 4.56. The van der Waals surface area contributed by atoms with Gasteiger partial charge in [0, 0.05) is 16.6 Å². The number of fused-ring (bicyclic) bond motifs is 1. The number of benzene rings is 1. The highest BCUT2D eigenvalue weighted by Gasteiger charge is 2.23. The lowest BCUT2D eigenvalue weighted by Gasteiger charge is -2.07. The van der Waals surface area contributed by atoms with E-state index in [-0.39, 0.29) is 0 Å². The van der Waals surface area contributed by atoms with E-state index in [1.165, 1.54) is 0 Å². The van der Waals surface area contributed by atoms with Crippen molar-refractivity contribution in [2.24, 2.45) is 5.73 Å². The van der Waals surface area contributed by atoms with Crippen molar-refractivity contribution < 1.29 is 4.74 Å². The zero-order valence-corrected chi connectivity index (χ0v) is 10.8. The molecule has 1 aliphatic heterocycles. The second kappa shape index (κ2) is 4.25. The highest BCUT2D eigenvalue weighted by atomic mass is 79.9. The highest BCUT2D eigenvalue weighted by Crippen LogP contribution is 2.28. The molecule has 2 heterocycles. The standard InChI is InChI=1S/C12H12BrN3O/c13-9-3-1-2-4-11(9)16-12-7-17-6-8(12)10(5-14)15-16/h1-4H,5-7,14H2. The van der Waals surface area contributed by atoms with Crippen molar-refractivity contribution in [3.8, 4) is 5.69 Å². The van der Waals surface area contributed by atoms with Gasteiger partial charge in [-0.15, -0.1) is 0 Å². The second-order valence-corrected chi connectivity index (χ2v) is 4.79. The van der Waals surface area contributed by atoms with Crippen LogP contribution in [0.15, 0.2) is 28.7 Å². The van der Waals surface area contributed by atoms with Gasteiger partial charge in [0.2, 0.25) is 0 Å². The molecule has 0 unspecified atom stereocenters. The third kappa shape index (κ3) is 1.71. The Morgan fingerprint density at radius 1 is 1.35 bits per heavy atom. The molecule has 0 aliphatic carbocycles. The Bertz CT molecular complexity index is 565. The molecule has 0 fully saturated rings. The minimum Gasteiger partial charge on any atom is -0.370 e. The molecule has 2 aromatic rings. The van der Waals surface area contributed by atoms with Crippen molar-refractivity contribution in [2.45, 2.75) is 19.8 Å². The maximum Gasteiger partial charge on any atom is 0.0897 e. The largest absolute Gasteiger partial charge is 0.370 e. The smallest absolute Gasteiger partial charge is 0.0897 e. The zero-order chi connectivity index (χ0) is 11.8. The Morgan fingerprint density at radius 3 is 2.94 bits per heavy atom. The van der Waals surface area contributed by atoms with Crippen LogP contribution in [0, 0.1) is 0 Å². The highest BCUT2D eigenvalue weighted by molar-refractivity contribution is 9.10. The van der Waals surface area contributed by atoms with E-state index in [4.69, 9.17) is 10.5 Å². The van der Waals surface area contributed by atoms with Gasteiger partial charge in [-0.1, -0.05) is 12.1 Å². The number of nitrogens with zero attached hydrogens (tertiary/aromatic N) is 2. The van der Waals surface area contributed by atoms with E-state index in [1.807, 2.05) is 28.9 Å². The first-order chi connectivity index (χ1) is 8.31. The van der Waals surface area contributed by atoms with Gasteiger partial charge >= 0.3 is 0 Å². The lowest BCUT2D eigenvalue weighted by Crippen LogP contribution is -2.04. The van der Waals surface area contributed by atoms with E-state index in [2.05, 4.69) is 21.0 Å². The molecular weight excluding hydrogens is 282 g/mol. The second-order valence-electron chi connectivity index (χ2n) is 3.93. The van der Waals surface area contributed by atoms with Crippen LogP contribution in [0.5, 0.6) is 0 Å². The Hall–Kier alpha value is -1.17. The number of ether oxygens (including phenoxy) is 1. The molecule has 0 saturated heterocycles. The van der Waals surface area contributed by atoms with Crippen LogP contribution in [0.2, 0.25) is 0 Å². The first-order valence-electron chi connectivity index (χ1n) is 5.43. The number of hydrogen-bond acceptors (Lipinski definition) is 3. The van der Waals surface area contributed by atoms with Gasteiger partial charge in [0.15, 0.2) is 0 Å². The fourth-order valence-electron chi connectivity index (χ4n) is 2.09. The summed E-state index contributed by atoms with van der Waals surface area (Å²) in [7, 11) is 0. The molecule has 5 heteroatoms. The number of halogens is 1. The van der Waals surface area contributed by atoms with Crippen LogP contribution in [0.1, 0.15) is 17.0 Å². The first kappa shape index (κ1) is 11.0. The van der Waals surface area contributed by atoms with Crippen LogP contribution in [-0.4, -0.2) is 9.78 Å². The Labute approximate surface area is 108 Å². The molecule has 0 radical (unpaired) electrons. The summed E-state index contributed by atoms with van der Waals surface area (Å²) in [4.78, 5) is 0. The van der Waals surface area contributed by atoms with Gasteiger partial charge in [-0.25, -0.2) is 4.68 Å². The van der Waals surface area contributed by atoms with Crippen molar-refractivity contribution in [3.63, 3.8) is 0 Å². The van der Waals surface area contributed by atoms with Crippen molar-refractivity contribution in [1.82, 2.24) is 9.78 Å². The Kier molecular flexibility index (Phi) is 2.74. The van der Waals surface area contributed by atoms with Gasteiger partial charge in [0.1, 0.15) is 0 Å². The SMILES string of the molecule is NCc1nn(-c2ccccc2Br)c2c1COC2. The summed E-state index contributed by atoms with van der Waals surface area (Å²) >= 11 is 3.54. The van der Waals surface area contributed by atoms with Crippen LogP contribution in [-0.2, 0) is 24.5 Å². The summed E-state index contributed by atoms with van der Waals surface area (Å²) in [6.07, 6.45) is 0. The lowest BCUT2D eigenvalue weighted by atomic mass is 10.2. The molecule has 3 rings (SSSR count). The zero-order valence-electron chi connectivity index (χ0n) is 9.19. The third-order valence-corrected chi connectivity index (χ3v) is 3.60. The van der Waals surface area contributed by atoms with Crippen molar-refractivity contribution in [2.75, 3.05) is 0 Å². The van der Waals surface area contributed by atoms with E-state index < -0.39 is 0 Å². The van der Waals surface area contributed by atoms with Crippen molar-refractivity contribution >= 4 is 15.9 Å². The maximum atomic E-state index is 5.71. The van der Waals surface area contributed by atoms with Gasteiger partial charge in [-0.2, -0.15) is 5.10 Å². The first-order valence-corrected chi connectivity index (χ1v) is 6.23. The van der Waals surface area contributed by atoms with E-state index in [0.29, 0.717) is 19.8 Å². The molecular formula is C12H12BrN3O. The summed E-state index contributed by atoms with van der Waals surface area (Å²) in [6, 6.07) is 8.00. The lowest BCUT2D eigenvalue weighted by molar-refractivity contribution is 0.130. The molecule has 1 aliphatic rings. The average Bonchev–Trinajstić information content (AvgIpc) is 2.91. The normalized spacial score (nSPS) is 14.0. The van der Waals surface area contributed by atoms with Crippen LogP contribution in [0.3, 0.4) is 0 Å². The molecule has 0 spiro atoms. The summed E-state index contributed by atoms with van der Waals surface area (Å²) in [6.45, 7) is 1.67. The number of aromatic nitrogens is 2. The van der Waals surface area contributed by atoms with Crippen molar-refractivity contribution in [3.05, 3.63) is 45.7 Å². The molecule has 0 saturated carbocycles. The van der Waals surface area contributed by atoms with E-state index in [0.717, 1.165) is 27.1 Å². The predicted molar refractivity (Wildman–Crippen MR) is 67.6 cm³/mol. The number of hydrogen-bond donors (Lipinski definition) is 1. The third-order valence-electron chi connectivity index (χ3n) is 2.93. The number of para-hydroxylation sites is 1. The van der Waals surface area contributed by atoms with Crippen LogP contribution < -0.4 is 5.73 Å². The fourth-order valence-corrected chi connectivity index (χ4v) is 2.54. The molecule has 0 amide bonds. The summed E-state index contributed by atoms with van der Waals surface area (Å²) in [5.41, 5.74) is 9.91. The van der Waals surface area contributed by atoms with E-state index >= 15 is 0 Å².